The van der Waals surface area contributed by atoms with Gasteiger partial charge in [0, 0.05) is 19.0 Å². The van der Waals surface area contributed by atoms with E-state index < -0.39 is 12.0 Å². The molecule has 0 spiro atoms. The zero-order valence-electron chi connectivity index (χ0n) is 9.12. The van der Waals surface area contributed by atoms with Crippen molar-refractivity contribution in [2.45, 2.75) is 32.4 Å². The third kappa shape index (κ3) is 7.90. The van der Waals surface area contributed by atoms with Crippen molar-refractivity contribution in [3.8, 4) is 0 Å². The van der Waals surface area contributed by atoms with E-state index in [9.17, 15) is 9.59 Å². The molecule has 0 aromatic heterocycles. The second-order valence-corrected chi connectivity index (χ2v) is 3.58. The van der Waals surface area contributed by atoms with E-state index in [1.54, 1.807) is 0 Å². The van der Waals surface area contributed by atoms with Crippen molar-refractivity contribution in [1.82, 2.24) is 10.6 Å². The molecule has 1 atom stereocenters. The van der Waals surface area contributed by atoms with Crippen molar-refractivity contribution in [2.24, 2.45) is 5.73 Å². The first-order valence-electron chi connectivity index (χ1n) is 4.91. The van der Waals surface area contributed by atoms with Crippen molar-refractivity contribution in [3.63, 3.8) is 0 Å². The molecule has 0 aromatic carbocycles. The molecule has 0 aliphatic carbocycles. The molecule has 0 saturated carbocycles. The first-order valence-corrected chi connectivity index (χ1v) is 4.91. The van der Waals surface area contributed by atoms with E-state index in [0.717, 1.165) is 0 Å². The van der Waals surface area contributed by atoms with Crippen LogP contribution in [0, 0.1) is 0 Å². The molecule has 0 aromatic rings. The Morgan fingerprint density at radius 1 is 1.40 bits per heavy atom. The van der Waals surface area contributed by atoms with Gasteiger partial charge >= 0.3 is 0 Å². The molecule has 0 bridgehead atoms. The lowest BCUT2D eigenvalue weighted by Crippen LogP contribution is -2.40. The number of hydrogen-bond acceptors (Lipinski definition) is 4. The second-order valence-electron chi connectivity index (χ2n) is 3.58. The van der Waals surface area contributed by atoms with Crippen molar-refractivity contribution >= 4 is 11.8 Å². The number of hydrogen-bond donors (Lipinski definition) is 4. The minimum absolute atomic E-state index is 0.129. The van der Waals surface area contributed by atoms with Gasteiger partial charge in [-0.15, -0.1) is 0 Å². The number of primary amides is 1. The highest BCUT2D eigenvalue weighted by Crippen LogP contribution is 1.83. The van der Waals surface area contributed by atoms with Crippen LogP contribution in [0.3, 0.4) is 0 Å². The third-order valence-electron chi connectivity index (χ3n) is 1.73. The lowest BCUT2D eigenvalue weighted by molar-refractivity contribution is -0.127. The SMILES string of the molecule is CC(C)NCCC(=O)NCC(O)C(N)=O. The summed E-state index contributed by atoms with van der Waals surface area (Å²) in [4.78, 5) is 21.6. The highest BCUT2D eigenvalue weighted by atomic mass is 16.3. The molecule has 88 valence electrons. The molecule has 6 heteroatoms. The van der Waals surface area contributed by atoms with E-state index in [0.29, 0.717) is 19.0 Å². The van der Waals surface area contributed by atoms with Crippen LogP contribution in [0.1, 0.15) is 20.3 Å². The number of rotatable bonds is 7. The summed E-state index contributed by atoms with van der Waals surface area (Å²) < 4.78 is 0. The summed E-state index contributed by atoms with van der Waals surface area (Å²) in [5, 5.41) is 14.5. The Morgan fingerprint density at radius 2 is 2.00 bits per heavy atom. The molecule has 2 amide bonds. The van der Waals surface area contributed by atoms with Gasteiger partial charge in [-0.3, -0.25) is 9.59 Å². The average molecular weight is 217 g/mol. The largest absolute Gasteiger partial charge is 0.381 e. The van der Waals surface area contributed by atoms with Gasteiger partial charge in [0.1, 0.15) is 6.10 Å². The van der Waals surface area contributed by atoms with Crippen LogP contribution in [0.4, 0.5) is 0 Å². The van der Waals surface area contributed by atoms with Crippen LogP contribution < -0.4 is 16.4 Å². The number of aliphatic hydroxyl groups excluding tert-OH is 1. The van der Waals surface area contributed by atoms with Gasteiger partial charge in [0.2, 0.25) is 11.8 Å². The lowest BCUT2D eigenvalue weighted by Gasteiger charge is -2.10. The number of amides is 2. The highest BCUT2D eigenvalue weighted by molar-refractivity contribution is 5.80. The van der Waals surface area contributed by atoms with Crippen LogP contribution in [-0.2, 0) is 9.59 Å². The second kappa shape index (κ2) is 7.19. The normalized spacial score (nSPS) is 12.5. The van der Waals surface area contributed by atoms with Crippen LogP contribution in [0.15, 0.2) is 0 Å². The first kappa shape index (κ1) is 13.9. The maximum atomic E-state index is 11.1. The first-order chi connectivity index (χ1) is 6.93. The Morgan fingerprint density at radius 3 is 2.47 bits per heavy atom. The predicted octanol–water partition coefficient (Wildman–Crippen LogP) is -1.66. The fraction of sp³-hybridized carbons (Fsp3) is 0.778. The van der Waals surface area contributed by atoms with Gasteiger partial charge in [0.05, 0.1) is 6.54 Å². The molecule has 0 aliphatic rings. The highest BCUT2D eigenvalue weighted by Gasteiger charge is 2.11. The zero-order chi connectivity index (χ0) is 11.8. The summed E-state index contributed by atoms with van der Waals surface area (Å²) >= 11 is 0. The number of carbonyl (C=O) groups excluding carboxylic acids is 2. The zero-order valence-corrected chi connectivity index (χ0v) is 9.12. The minimum Gasteiger partial charge on any atom is -0.381 e. The fourth-order valence-electron chi connectivity index (χ4n) is 0.874. The summed E-state index contributed by atoms with van der Waals surface area (Å²) in [7, 11) is 0. The van der Waals surface area contributed by atoms with Crippen molar-refractivity contribution in [1.29, 1.82) is 0 Å². The summed E-state index contributed by atoms with van der Waals surface area (Å²) in [5.74, 6) is -1.06. The monoisotopic (exact) mass is 217 g/mol. The topological polar surface area (TPSA) is 104 Å². The third-order valence-corrected chi connectivity index (χ3v) is 1.73. The number of carbonyl (C=O) groups is 2. The van der Waals surface area contributed by atoms with Gasteiger partial charge in [-0.05, 0) is 0 Å². The molecule has 5 N–H and O–H groups in total. The Hall–Kier alpha value is -1.14. The molecular formula is C9H19N3O3. The number of nitrogens with two attached hydrogens (primary N) is 1. The van der Waals surface area contributed by atoms with Crippen LogP contribution in [0.2, 0.25) is 0 Å². The molecular weight excluding hydrogens is 198 g/mol. The number of nitrogens with one attached hydrogen (secondary N) is 2. The van der Waals surface area contributed by atoms with Gasteiger partial charge < -0.3 is 21.5 Å². The average Bonchev–Trinajstić information content (AvgIpc) is 2.13. The van der Waals surface area contributed by atoms with E-state index in [4.69, 9.17) is 10.8 Å². The fourth-order valence-corrected chi connectivity index (χ4v) is 0.874. The van der Waals surface area contributed by atoms with Crippen LogP contribution in [0.5, 0.6) is 0 Å². The lowest BCUT2D eigenvalue weighted by atomic mass is 10.3. The molecule has 6 nitrogen and oxygen atoms in total. The van der Waals surface area contributed by atoms with Gasteiger partial charge in [-0.25, -0.2) is 0 Å². The van der Waals surface area contributed by atoms with Gasteiger partial charge in [0.15, 0.2) is 0 Å². The quantitative estimate of drug-likeness (QED) is 0.409. The molecule has 15 heavy (non-hydrogen) atoms. The van der Waals surface area contributed by atoms with Crippen LogP contribution in [-0.4, -0.2) is 42.2 Å². The Bertz CT molecular complexity index is 219. The van der Waals surface area contributed by atoms with Crippen molar-refractivity contribution < 1.29 is 14.7 Å². The molecule has 0 radical (unpaired) electrons. The molecule has 0 fully saturated rings. The van der Waals surface area contributed by atoms with E-state index >= 15 is 0 Å². The van der Waals surface area contributed by atoms with Gasteiger partial charge in [0.25, 0.3) is 0 Å². The van der Waals surface area contributed by atoms with E-state index in [1.165, 1.54) is 0 Å². The maximum Gasteiger partial charge on any atom is 0.248 e. The summed E-state index contributed by atoms with van der Waals surface area (Å²) in [5.41, 5.74) is 4.81. The van der Waals surface area contributed by atoms with Crippen molar-refractivity contribution in [3.05, 3.63) is 0 Å². The summed E-state index contributed by atoms with van der Waals surface area (Å²) in [6, 6.07) is 0.328. The Labute approximate surface area is 89.2 Å². The maximum absolute atomic E-state index is 11.1. The molecule has 0 heterocycles. The number of aliphatic hydroxyl groups is 1. The van der Waals surface area contributed by atoms with Crippen LogP contribution in [0.25, 0.3) is 0 Å². The Balaban J connectivity index is 3.53. The molecule has 0 rings (SSSR count). The minimum atomic E-state index is -1.31. The summed E-state index contributed by atoms with van der Waals surface area (Å²) in [6.07, 6.45) is -1.00. The predicted molar refractivity (Wildman–Crippen MR) is 56.0 cm³/mol. The standard InChI is InChI=1S/C9H19N3O3/c1-6(2)11-4-3-8(14)12-5-7(13)9(10)15/h6-7,11,13H,3-5H2,1-2H3,(H2,10,15)(H,12,14). The van der Waals surface area contributed by atoms with E-state index in [1.807, 2.05) is 13.8 Å². The smallest absolute Gasteiger partial charge is 0.248 e. The molecule has 0 aliphatic heterocycles. The van der Waals surface area contributed by atoms with Crippen LogP contribution >= 0.6 is 0 Å². The van der Waals surface area contributed by atoms with Gasteiger partial charge in [-0.1, -0.05) is 13.8 Å². The van der Waals surface area contributed by atoms with Gasteiger partial charge in [-0.2, -0.15) is 0 Å². The molecule has 1 unspecified atom stereocenters. The Kier molecular flexibility index (Phi) is 6.64. The van der Waals surface area contributed by atoms with E-state index in [-0.39, 0.29) is 12.5 Å². The molecule has 0 saturated heterocycles. The van der Waals surface area contributed by atoms with E-state index in [2.05, 4.69) is 10.6 Å². The summed E-state index contributed by atoms with van der Waals surface area (Å²) in [6.45, 7) is 4.40. The van der Waals surface area contributed by atoms with Crippen molar-refractivity contribution in [2.75, 3.05) is 13.1 Å².